The van der Waals surface area contributed by atoms with Crippen LogP contribution in [0.4, 0.5) is 9.39 Å². The molecule has 2 heterocycles. The molecule has 7 heteroatoms. The molecule has 2 amide bonds. The molecule has 0 radical (unpaired) electrons. The van der Waals surface area contributed by atoms with Crippen molar-refractivity contribution >= 4 is 39.1 Å². The van der Waals surface area contributed by atoms with Gasteiger partial charge in [0.1, 0.15) is 16.4 Å². The number of halogens is 1. The number of anilines is 1. The molecule has 0 fully saturated rings. The van der Waals surface area contributed by atoms with Crippen molar-refractivity contribution in [3.63, 3.8) is 0 Å². The van der Waals surface area contributed by atoms with Crippen molar-refractivity contribution in [1.82, 2.24) is 0 Å². The summed E-state index contributed by atoms with van der Waals surface area (Å²) in [6.45, 7) is 0. The lowest BCUT2D eigenvalue weighted by atomic mass is 9.95. The van der Waals surface area contributed by atoms with Crippen LogP contribution in [0.15, 0.2) is 28.9 Å². The molecule has 0 spiro atoms. The van der Waals surface area contributed by atoms with E-state index in [0.717, 1.165) is 36.1 Å². The second-order valence-electron chi connectivity index (χ2n) is 6.41. The Morgan fingerprint density at radius 1 is 1.27 bits per heavy atom. The van der Waals surface area contributed by atoms with Gasteiger partial charge in [-0.05, 0) is 49.4 Å². The second-order valence-corrected chi connectivity index (χ2v) is 7.51. The Morgan fingerprint density at radius 2 is 2.08 bits per heavy atom. The largest absolute Gasteiger partial charge is 0.464 e. The Kier molecular flexibility index (Phi) is 4.24. The van der Waals surface area contributed by atoms with Gasteiger partial charge in [0.25, 0.3) is 5.91 Å². The summed E-state index contributed by atoms with van der Waals surface area (Å²) in [5, 5.41) is 3.89. The van der Waals surface area contributed by atoms with Crippen molar-refractivity contribution in [2.75, 3.05) is 5.32 Å². The van der Waals surface area contributed by atoms with Crippen molar-refractivity contribution in [2.24, 2.45) is 5.73 Å². The first-order valence-corrected chi connectivity index (χ1v) is 9.24. The van der Waals surface area contributed by atoms with Crippen LogP contribution in [0.2, 0.25) is 0 Å². The highest BCUT2D eigenvalue weighted by Crippen LogP contribution is 2.38. The smallest absolute Gasteiger partial charge is 0.251 e. The minimum atomic E-state index is -0.518. The molecule has 0 saturated heterocycles. The van der Waals surface area contributed by atoms with E-state index in [-0.39, 0.29) is 18.1 Å². The number of carbonyl (C=O) groups excluding carboxylic acids is 2. The monoisotopic (exact) mass is 372 g/mol. The van der Waals surface area contributed by atoms with Gasteiger partial charge < -0.3 is 15.5 Å². The number of furan rings is 1. The number of nitrogens with two attached hydrogens (primary N) is 1. The Labute approximate surface area is 153 Å². The molecule has 2 aromatic heterocycles. The van der Waals surface area contributed by atoms with E-state index in [9.17, 15) is 14.0 Å². The highest BCUT2D eigenvalue weighted by molar-refractivity contribution is 7.17. The second kappa shape index (κ2) is 6.57. The number of thiophene rings is 1. The molecule has 5 nitrogen and oxygen atoms in total. The van der Waals surface area contributed by atoms with Crippen molar-refractivity contribution in [3.8, 4) is 0 Å². The number of primary amides is 1. The van der Waals surface area contributed by atoms with E-state index in [4.69, 9.17) is 10.2 Å². The van der Waals surface area contributed by atoms with Gasteiger partial charge in [-0.1, -0.05) is 0 Å². The third-order valence-electron chi connectivity index (χ3n) is 4.64. The molecule has 134 valence electrons. The summed E-state index contributed by atoms with van der Waals surface area (Å²) in [5.74, 6) is -1.20. The lowest BCUT2D eigenvalue weighted by Gasteiger charge is -2.11. The average molecular weight is 372 g/mol. The van der Waals surface area contributed by atoms with Gasteiger partial charge in [-0.25, -0.2) is 4.39 Å². The van der Waals surface area contributed by atoms with Crippen molar-refractivity contribution in [1.29, 1.82) is 0 Å². The van der Waals surface area contributed by atoms with Crippen LogP contribution in [-0.2, 0) is 24.1 Å². The van der Waals surface area contributed by atoms with Crippen LogP contribution in [0.5, 0.6) is 0 Å². The number of rotatable bonds is 4. The molecule has 3 N–H and O–H groups in total. The van der Waals surface area contributed by atoms with Gasteiger partial charge >= 0.3 is 0 Å². The number of carbonyl (C=O) groups is 2. The fraction of sp³-hybridized carbons (Fsp3) is 0.263. The normalized spacial score (nSPS) is 13.6. The van der Waals surface area contributed by atoms with Crippen LogP contribution >= 0.6 is 11.3 Å². The number of aryl methyl sites for hydroxylation is 1. The number of nitrogens with one attached hydrogen (secondary N) is 1. The maximum Gasteiger partial charge on any atom is 0.251 e. The molecule has 26 heavy (non-hydrogen) atoms. The predicted octanol–water partition coefficient (Wildman–Crippen LogP) is 3.79. The van der Waals surface area contributed by atoms with Crippen molar-refractivity contribution in [2.45, 2.75) is 32.1 Å². The summed E-state index contributed by atoms with van der Waals surface area (Å²) in [4.78, 5) is 25.5. The molecule has 1 aliphatic carbocycles. The zero-order chi connectivity index (χ0) is 18.3. The van der Waals surface area contributed by atoms with Gasteiger partial charge in [0, 0.05) is 15.8 Å². The van der Waals surface area contributed by atoms with Gasteiger partial charge in [0.05, 0.1) is 18.2 Å². The number of fused-ring (bicyclic) bond motifs is 2. The molecule has 0 bridgehead atoms. The molecule has 1 aromatic carbocycles. The molecule has 0 aliphatic heterocycles. The van der Waals surface area contributed by atoms with Crippen LogP contribution in [0.25, 0.3) is 11.0 Å². The van der Waals surface area contributed by atoms with Crippen LogP contribution in [0.3, 0.4) is 0 Å². The standard InChI is InChI=1S/C19H17FN2O3S/c20-11-5-6-14-13(8-11)10(9-25-14)7-16(23)22-19-17(18(21)24)12-3-1-2-4-15(12)26-19/h5-6,8-9H,1-4,7H2,(H2,21,24)(H,22,23). The number of hydrogen-bond donors (Lipinski definition) is 2. The Hall–Kier alpha value is -2.67. The van der Waals surface area contributed by atoms with Gasteiger partial charge in [-0.15, -0.1) is 11.3 Å². The van der Waals surface area contributed by atoms with Crippen LogP contribution in [-0.4, -0.2) is 11.8 Å². The Bertz CT molecular complexity index is 1020. The van der Waals surface area contributed by atoms with Crippen molar-refractivity contribution in [3.05, 3.63) is 51.8 Å². The summed E-state index contributed by atoms with van der Waals surface area (Å²) < 4.78 is 18.8. The lowest BCUT2D eigenvalue weighted by molar-refractivity contribution is -0.115. The van der Waals surface area contributed by atoms with E-state index in [1.165, 1.54) is 35.8 Å². The van der Waals surface area contributed by atoms with Crippen LogP contribution < -0.4 is 11.1 Å². The highest BCUT2D eigenvalue weighted by atomic mass is 32.1. The average Bonchev–Trinajstić information content (AvgIpc) is 3.15. The van der Waals surface area contributed by atoms with Gasteiger partial charge in [0.15, 0.2) is 0 Å². The lowest BCUT2D eigenvalue weighted by Crippen LogP contribution is -2.19. The molecule has 4 rings (SSSR count). The first-order chi connectivity index (χ1) is 12.5. The molecule has 0 unspecified atom stereocenters. The van der Waals surface area contributed by atoms with Gasteiger partial charge in [0.2, 0.25) is 5.91 Å². The van der Waals surface area contributed by atoms with E-state index >= 15 is 0 Å². The number of hydrogen-bond acceptors (Lipinski definition) is 4. The summed E-state index contributed by atoms with van der Waals surface area (Å²) in [6.07, 6.45) is 5.29. The first kappa shape index (κ1) is 16.8. The first-order valence-electron chi connectivity index (χ1n) is 8.42. The summed E-state index contributed by atoms with van der Waals surface area (Å²) >= 11 is 1.42. The predicted molar refractivity (Wildman–Crippen MR) is 98.0 cm³/mol. The highest BCUT2D eigenvalue weighted by Gasteiger charge is 2.25. The van der Waals surface area contributed by atoms with E-state index < -0.39 is 5.91 Å². The van der Waals surface area contributed by atoms with E-state index in [1.807, 2.05) is 0 Å². The maximum absolute atomic E-state index is 13.5. The SMILES string of the molecule is NC(=O)c1c(NC(=O)Cc2coc3ccc(F)cc23)sc2c1CCCC2. The molecular formula is C19H17FN2O3S. The summed E-state index contributed by atoms with van der Waals surface area (Å²) in [5.41, 5.74) is 8.07. The van der Waals surface area contributed by atoms with E-state index in [0.29, 0.717) is 27.1 Å². The molecule has 0 atom stereocenters. The van der Waals surface area contributed by atoms with Crippen LogP contribution in [0, 0.1) is 5.82 Å². The third kappa shape index (κ3) is 2.99. The summed E-state index contributed by atoms with van der Waals surface area (Å²) in [6, 6.07) is 4.19. The Balaban J connectivity index is 1.59. The minimum Gasteiger partial charge on any atom is -0.464 e. The van der Waals surface area contributed by atoms with Crippen LogP contribution in [0.1, 0.15) is 39.2 Å². The third-order valence-corrected chi connectivity index (χ3v) is 5.84. The molecule has 3 aromatic rings. The number of amides is 2. The van der Waals surface area contributed by atoms with Gasteiger partial charge in [-0.3, -0.25) is 9.59 Å². The van der Waals surface area contributed by atoms with E-state index in [1.54, 1.807) is 0 Å². The zero-order valence-corrected chi connectivity index (χ0v) is 14.7. The maximum atomic E-state index is 13.5. The molecule has 0 saturated carbocycles. The summed E-state index contributed by atoms with van der Waals surface area (Å²) in [7, 11) is 0. The quantitative estimate of drug-likeness (QED) is 0.731. The topological polar surface area (TPSA) is 85.3 Å². The number of benzene rings is 1. The molecule has 1 aliphatic rings. The van der Waals surface area contributed by atoms with Crippen molar-refractivity contribution < 1.29 is 18.4 Å². The minimum absolute atomic E-state index is 0.0250. The Morgan fingerprint density at radius 3 is 2.88 bits per heavy atom. The fourth-order valence-corrected chi connectivity index (χ4v) is 4.76. The fourth-order valence-electron chi connectivity index (χ4n) is 3.45. The zero-order valence-electron chi connectivity index (χ0n) is 13.9. The molecular weight excluding hydrogens is 355 g/mol. The van der Waals surface area contributed by atoms with E-state index in [2.05, 4.69) is 5.32 Å². The van der Waals surface area contributed by atoms with Gasteiger partial charge in [-0.2, -0.15) is 0 Å².